The van der Waals surface area contributed by atoms with Gasteiger partial charge in [0, 0.05) is 17.1 Å². The van der Waals surface area contributed by atoms with Crippen molar-refractivity contribution < 1.29 is 4.79 Å². The maximum Gasteiger partial charge on any atom is 0.231 e. The second kappa shape index (κ2) is 5.87. The molecule has 1 atom stereocenters. The van der Waals surface area contributed by atoms with Crippen LogP contribution in [0.5, 0.6) is 0 Å². The monoisotopic (exact) mass is 348 g/mol. The molecule has 0 saturated heterocycles. The number of hydrogen-bond donors (Lipinski definition) is 1. The predicted molar refractivity (Wildman–Crippen MR) is 101 cm³/mol. The molecule has 6 heteroatoms. The quantitative estimate of drug-likeness (QED) is 0.687. The molecule has 1 amide bonds. The van der Waals surface area contributed by atoms with Crippen LogP contribution >= 0.6 is 11.3 Å². The highest BCUT2D eigenvalue weighted by Gasteiger charge is 2.26. The van der Waals surface area contributed by atoms with Gasteiger partial charge in [-0.05, 0) is 42.7 Å². The van der Waals surface area contributed by atoms with Crippen LogP contribution < -0.4 is 5.73 Å². The molecule has 0 aliphatic carbocycles. The van der Waals surface area contributed by atoms with Crippen molar-refractivity contribution in [2.45, 2.75) is 19.4 Å². The van der Waals surface area contributed by atoms with Gasteiger partial charge in [-0.15, -0.1) is 11.3 Å². The van der Waals surface area contributed by atoms with Crippen molar-refractivity contribution in [3.05, 3.63) is 41.6 Å². The topological polar surface area (TPSA) is 71.6 Å². The number of nitrogens with zero attached hydrogens (tertiary/aromatic N) is 3. The third-order valence-corrected chi connectivity index (χ3v) is 5.47. The molecule has 5 nitrogen and oxygen atoms in total. The minimum atomic E-state index is -0.248. The number of benzene rings is 1. The van der Waals surface area contributed by atoms with Gasteiger partial charge in [0.05, 0.1) is 22.7 Å². The SMILES string of the molecule is CC#Cc1ccc2sc3ccc(C4CC(=O)N(C)C(N)=N4)cc3c2n1. The van der Waals surface area contributed by atoms with Crippen LogP contribution in [0.25, 0.3) is 20.3 Å². The predicted octanol–water partition coefficient (Wildman–Crippen LogP) is 3.04. The fourth-order valence-corrected chi connectivity index (χ4v) is 4.01. The normalized spacial score (nSPS) is 17.5. The molecule has 4 rings (SSSR count). The summed E-state index contributed by atoms with van der Waals surface area (Å²) in [5.74, 6) is 6.12. The number of aromatic nitrogens is 1. The van der Waals surface area contributed by atoms with E-state index in [4.69, 9.17) is 5.73 Å². The molecule has 1 aliphatic rings. The van der Waals surface area contributed by atoms with E-state index in [1.54, 1.807) is 25.3 Å². The standard InChI is InChI=1S/C19H16N4OS/c1-3-4-12-6-8-16-18(21-12)13-9-11(5-7-15(13)25-16)14-10-17(24)23(2)19(20)22-14/h5-9,14H,10H2,1-2H3,(H2,20,22). The Morgan fingerprint density at radius 1 is 1.28 bits per heavy atom. The Kier molecular flexibility index (Phi) is 3.66. The van der Waals surface area contributed by atoms with E-state index >= 15 is 0 Å². The van der Waals surface area contributed by atoms with Crippen LogP contribution in [-0.4, -0.2) is 28.8 Å². The van der Waals surface area contributed by atoms with Crippen LogP contribution in [0.3, 0.4) is 0 Å². The molecule has 1 unspecified atom stereocenters. The van der Waals surface area contributed by atoms with E-state index in [0.29, 0.717) is 6.42 Å². The Morgan fingerprint density at radius 2 is 2.08 bits per heavy atom. The summed E-state index contributed by atoms with van der Waals surface area (Å²) in [6.45, 7) is 1.80. The van der Waals surface area contributed by atoms with Gasteiger partial charge in [-0.3, -0.25) is 9.69 Å². The lowest BCUT2D eigenvalue weighted by atomic mass is 10.0. The first kappa shape index (κ1) is 15.6. The summed E-state index contributed by atoms with van der Waals surface area (Å²) in [6.07, 6.45) is 0.324. The zero-order valence-corrected chi connectivity index (χ0v) is 14.7. The lowest BCUT2D eigenvalue weighted by molar-refractivity contribution is -0.127. The summed E-state index contributed by atoms with van der Waals surface area (Å²) >= 11 is 1.70. The zero-order chi connectivity index (χ0) is 17.6. The van der Waals surface area contributed by atoms with Crippen molar-refractivity contribution in [2.75, 3.05) is 7.05 Å². The molecule has 25 heavy (non-hydrogen) atoms. The van der Waals surface area contributed by atoms with Gasteiger partial charge >= 0.3 is 0 Å². The first-order chi connectivity index (χ1) is 12.1. The van der Waals surface area contributed by atoms with Gasteiger partial charge in [0.15, 0.2) is 5.96 Å². The number of hydrogen-bond acceptors (Lipinski definition) is 5. The van der Waals surface area contributed by atoms with E-state index < -0.39 is 0 Å². The molecule has 0 bridgehead atoms. The lowest BCUT2D eigenvalue weighted by Crippen LogP contribution is -2.42. The number of thiophene rings is 1. The van der Waals surface area contributed by atoms with E-state index in [1.807, 2.05) is 12.1 Å². The maximum atomic E-state index is 12.1. The third kappa shape index (κ3) is 2.63. The molecule has 2 N–H and O–H groups in total. The van der Waals surface area contributed by atoms with Crippen LogP contribution in [-0.2, 0) is 4.79 Å². The van der Waals surface area contributed by atoms with E-state index in [1.165, 1.54) is 4.90 Å². The first-order valence-corrected chi connectivity index (χ1v) is 8.74. The van der Waals surface area contributed by atoms with E-state index in [2.05, 4.69) is 40.0 Å². The first-order valence-electron chi connectivity index (χ1n) is 7.92. The largest absolute Gasteiger partial charge is 0.369 e. The summed E-state index contributed by atoms with van der Waals surface area (Å²) in [5, 5.41) is 1.07. The van der Waals surface area contributed by atoms with Crippen LogP contribution in [0.4, 0.5) is 0 Å². The van der Waals surface area contributed by atoms with Crippen molar-refractivity contribution in [3.63, 3.8) is 0 Å². The number of amides is 1. The van der Waals surface area contributed by atoms with E-state index in [-0.39, 0.29) is 17.9 Å². The number of fused-ring (bicyclic) bond motifs is 3. The molecule has 3 heterocycles. The van der Waals surface area contributed by atoms with Crippen LogP contribution in [0, 0.1) is 11.8 Å². The highest BCUT2D eigenvalue weighted by atomic mass is 32.1. The minimum absolute atomic E-state index is 0.0218. The Hall–Kier alpha value is -2.91. The molecule has 2 aromatic heterocycles. The summed E-state index contributed by atoms with van der Waals surface area (Å²) < 4.78 is 2.28. The van der Waals surface area contributed by atoms with Crippen molar-refractivity contribution in [1.29, 1.82) is 0 Å². The molecule has 0 spiro atoms. The van der Waals surface area contributed by atoms with Gasteiger partial charge < -0.3 is 5.73 Å². The summed E-state index contributed by atoms with van der Waals surface area (Å²) in [7, 11) is 1.65. The van der Waals surface area contributed by atoms with Crippen molar-refractivity contribution >= 4 is 43.5 Å². The van der Waals surface area contributed by atoms with Crippen LogP contribution in [0.1, 0.15) is 30.6 Å². The Bertz CT molecular complexity index is 1100. The summed E-state index contributed by atoms with van der Waals surface area (Å²) in [4.78, 5) is 22.6. The van der Waals surface area contributed by atoms with E-state index in [0.717, 1.165) is 31.6 Å². The van der Waals surface area contributed by atoms with Crippen molar-refractivity contribution in [2.24, 2.45) is 10.7 Å². The number of carbonyl (C=O) groups excluding carboxylic acids is 1. The average Bonchev–Trinajstić information content (AvgIpc) is 2.97. The highest BCUT2D eigenvalue weighted by molar-refractivity contribution is 7.25. The van der Waals surface area contributed by atoms with Crippen LogP contribution in [0.2, 0.25) is 0 Å². The zero-order valence-electron chi connectivity index (χ0n) is 13.9. The van der Waals surface area contributed by atoms with Crippen LogP contribution in [0.15, 0.2) is 35.3 Å². The van der Waals surface area contributed by atoms with Crippen molar-refractivity contribution in [3.8, 4) is 11.8 Å². The molecule has 3 aromatic rings. The fraction of sp³-hybridized carbons (Fsp3) is 0.211. The Balaban J connectivity index is 1.86. The molecular formula is C19H16N4OS. The molecule has 0 fully saturated rings. The Labute approximate surface area is 149 Å². The van der Waals surface area contributed by atoms with Gasteiger partial charge in [-0.25, -0.2) is 9.98 Å². The number of guanidine groups is 1. The second-order valence-electron chi connectivity index (χ2n) is 5.94. The maximum absolute atomic E-state index is 12.1. The Morgan fingerprint density at radius 3 is 2.84 bits per heavy atom. The number of rotatable bonds is 1. The number of nitrogens with two attached hydrogens (primary N) is 1. The third-order valence-electron chi connectivity index (χ3n) is 4.35. The van der Waals surface area contributed by atoms with Gasteiger partial charge in [0.1, 0.15) is 5.69 Å². The number of aliphatic imine (C=N–C) groups is 1. The second-order valence-corrected chi connectivity index (χ2v) is 7.02. The number of carbonyl (C=O) groups is 1. The number of pyridine rings is 1. The minimum Gasteiger partial charge on any atom is -0.369 e. The molecule has 1 aliphatic heterocycles. The molecule has 0 saturated carbocycles. The van der Waals surface area contributed by atoms with Gasteiger partial charge in [-0.2, -0.15) is 0 Å². The lowest BCUT2D eigenvalue weighted by Gasteiger charge is -2.25. The van der Waals surface area contributed by atoms with Gasteiger partial charge in [-0.1, -0.05) is 12.0 Å². The molecule has 1 aromatic carbocycles. The van der Waals surface area contributed by atoms with Gasteiger partial charge in [0.2, 0.25) is 5.91 Å². The summed E-state index contributed by atoms with van der Waals surface area (Å²) in [5.41, 5.74) is 8.54. The molecule has 0 radical (unpaired) electrons. The van der Waals surface area contributed by atoms with Crippen molar-refractivity contribution in [1.82, 2.24) is 9.88 Å². The molecule has 124 valence electrons. The van der Waals surface area contributed by atoms with Gasteiger partial charge in [0.25, 0.3) is 0 Å². The smallest absolute Gasteiger partial charge is 0.231 e. The molecular weight excluding hydrogens is 332 g/mol. The fourth-order valence-electron chi connectivity index (χ4n) is 2.98. The highest BCUT2D eigenvalue weighted by Crippen LogP contribution is 2.36. The van der Waals surface area contributed by atoms with E-state index in [9.17, 15) is 4.79 Å². The summed E-state index contributed by atoms with van der Waals surface area (Å²) in [6, 6.07) is 9.91. The average molecular weight is 348 g/mol.